The summed E-state index contributed by atoms with van der Waals surface area (Å²) in [5.41, 5.74) is 0.815. The largest absolute Gasteiger partial charge is 0.336 e. The highest BCUT2D eigenvalue weighted by molar-refractivity contribution is 5.93. The first-order valence-electron chi connectivity index (χ1n) is 8.41. The normalized spacial score (nSPS) is 19.9. The fraction of sp³-hybridized carbons (Fsp3) is 0.706. The summed E-state index contributed by atoms with van der Waals surface area (Å²) in [6.45, 7) is 12.0. The SMILES string of the molecule is CC(C)c1cc(C(=O)N2CC3(CON(C(=O)C(C)(C)C)C3)C2)n[nH]1. The van der Waals surface area contributed by atoms with Crippen LogP contribution in [0.2, 0.25) is 0 Å². The molecule has 7 heteroatoms. The fourth-order valence-corrected chi connectivity index (χ4v) is 3.12. The van der Waals surface area contributed by atoms with E-state index in [4.69, 9.17) is 4.84 Å². The molecule has 0 bridgehead atoms. The third kappa shape index (κ3) is 2.92. The molecule has 0 aromatic carbocycles. The smallest absolute Gasteiger partial charge is 0.274 e. The van der Waals surface area contributed by atoms with Gasteiger partial charge in [-0.15, -0.1) is 0 Å². The first-order chi connectivity index (χ1) is 11.1. The van der Waals surface area contributed by atoms with E-state index in [1.54, 1.807) is 4.90 Å². The minimum atomic E-state index is -0.465. The van der Waals surface area contributed by atoms with Crippen molar-refractivity contribution in [2.75, 3.05) is 26.2 Å². The van der Waals surface area contributed by atoms with Gasteiger partial charge in [0, 0.05) is 24.2 Å². The fourth-order valence-electron chi connectivity index (χ4n) is 3.12. The molecule has 1 spiro atoms. The lowest BCUT2D eigenvalue weighted by molar-refractivity contribution is -0.177. The van der Waals surface area contributed by atoms with E-state index < -0.39 is 5.41 Å². The van der Waals surface area contributed by atoms with Gasteiger partial charge >= 0.3 is 0 Å². The first-order valence-corrected chi connectivity index (χ1v) is 8.41. The molecule has 1 aromatic heterocycles. The van der Waals surface area contributed by atoms with E-state index in [1.165, 1.54) is 5.06 Å². The van der Waals surface area contributed by atoms with Crippen molar-refractivity contribution in [2.24, 2.45) is 10.8 Å². The molecule has 132 valence electrons. The zero-order chi connectivity index (χ0) is 17.7. The lowest BCUT2D eigenvalue weighted by atomic mass is 9.80. The van der Waals surface area contributed by atoms with Gasteiger partial charge in [-0.3, -0.25) is 19.5 Å². The maximum absolute atomic E-state index is 12.5. The van der Waals surface area contributed by atoms with Crippen LogP contribution in [0.1, 0.15) is 56.7 Å². The molecule has 2 aliphatic rings. The van der Waals surface area contributed by atoms with Gasteiger partial charge in [0.25, 0.3) is 11.8 Å². The molecule has 2 fully saturated rings. The molecule has 2 amide bonds. The summed E-state index contributed by atoms with van der Waals surface area (Å²) in [5, 5.41) is 8.50. The summed E-state index contributed by atoms with van der Waals surface area (Å²) in [4.78, 5) is 32.2. The monoisotopic (exact) mass is 334 g/mol. The molecular weight excluding hydrogens is 308 g/mol. The number of nitrogens with zero attached hydrogens (tertiary/aromatic N) is 3. The van der Waals surface area contributed by atoms with Crippen LogP contribution in [-0.4, -0.2) is 58.2 Å². The number of rotatable bonds is 2. The highest BCUT2D eigenvalue weighted by atomic mass is 16.7. The quantitative estimate of drug-likeness (QED) is 0.894. The summed E-state index contributed by atoms with van der Waals surface area (Å²) in [5.74, 6) is 0.226. The lowest BCUT2D eigenvalue weighted by Crippen LogP contribution is -2.61. The lowest BCUT2D eigenvalue weighted by Gasteiger charge is -2.46. The molecule has 3 heterocycles. The number of carbonyl (C=O) groups excluding carboxylic acids is 2. The van der Waals surface area contributed by atoms with Crippen LogP contribution in [0, 0.1) is 10.8 Å². The number of H-pyrrole nitrogens is 1. The zero-order valence-corrected chi connectivity index (χ0v) is 15.0. The highest BCUT2D eigenvalue weighted by Crippen LogP contribution is 2.38. The Morgan fingerprint density at radius 3 is 2.50 bits per heavy atom. The van der Waals surface area contributed by atoms with Gasteiger partial charge in [-0.25, -0.2) is 5.06 Å². The van der Waals surface area contributed by atoms with Crippen molar-refractivity contribution in [3.8, 4) is 0 Å². The summed E-state index contributed by atoms with van der Waals surface area (Å²) in [7, 11) is 0. The minimum absolute atomic E-state index is 0.0157. The van der Waals surface area contributed by atoms with Crippen molar-refractivity contribution in [3.05, 3.63) is 17.5 Å². The zero-order valence-electron chi connectivity index (χ0n) is 15.0. The molecule has 7 nitrogen and oxygen atoms in total. The Morgan fingerprint density at radius 1 is 1.29 bits per heavy atom. The van der Waals surface area contributed by atoms with Crippen LogP contribution in [0.5, 0.6) is 0 Å². The maximum Gasteiger partial charge on any atom is 0.274 e. The third-order valence-electron chi connectivity index (χ3n) is 4.65. The predicted molar refractivity (Wildman–Crippen MR) is 88.1 cm³/mol. The number of likely N-dealkylation sites (tertiary alicyclic amines) is 1. The van der Waals surface area contributed by atoms with Crippen LogP contribution >= 0.6 is 0 Å². The molecule has 0 aliphatic carbocycles. The summed E-state index contributed by atoms with van der Waals surface area (Å²) in [6, 6.07) is 1.82. The van der Waals surface area contributed by atoms with E-state index in [9.17, 15) is 9.59 Å². The van der Waals surface area contributed by atoms with E-state index in [0.717, 1.165) is 5.69 Å². The van der Waals surface area contributed by atoms with Crippen LogP contribution < -0.4 is 0 Å². The van der Waals surface area contributed by atoms with Crippen LogP contribution in [0.25, 0.3) is 0 Å². The number of aromatic nitrogens is 2. The van der Waals surface area contributed by atoms with E-state index in [2.05, 4.69) is 24.0 Å². The second-order valence-corrected chi connectivity index (χ2v) is 8.39. The van der Waals surface area contributed by atoms with Gasteiger partial charge in [0.05, 0.1) is 18.6 Å². The molecule has 1 aromatic rings. The van der Waals surface area contributed by atoms with E-state index in [1.807, 2.05) is 26.8 Å². The van der Waals surface area contributed by atoms with Gasteiger partial charge < -0.3 is 4.90 Å². The summed E-state index contributed by atoms with van der Waals surface area (Å²) in [6.07, 6.45) is 0. The van der Waals surface area contributed by atoms with Crippen molar-refractivity contribution in [1.29, 1.82) is 0 Å². The first kappa shape index (κ1) is 17.0. The molecule has 2 aliphatic heterocycles. The topological polar surface area (TPSA) is 78.5 Å². The van der Waals surface area contributed by atoms with Gasteiger partial charge in [-0.05, 0) is 12.0 Å². The Bertz CT molecular complexity index is 653. The standard InChI is InChI=1S/C17H26N4O3/c1-11(2)12-6-13(19-18-12)14(22)20-7-17(8-20)9-21(24-10-17)15(23)16(3,4)5/h6,11H,7-10H2,1-5H3,(H,18,19). The van der Waals surface area contributed by atoms with Crippen molar-refractivity contribution in [1.82, 2.24) is 20.2 Å². The Hall–Kier alpha value is -1.89. The van der Waals surface area contributed by atoms with Gasteiger partial charge in [-0.1, -0.05) is 34.6 Å². The van der Waals surface area contributed by atoms with E-state index in [0.29, 0.717) is 37.9 Å². The molecule has 0 radical (unpaired) electrons. The van der Waals surface area contributed by atoms with E-state index >= 15 is 0 Å². The molecular formula is C17H26N4O3. The number of amides is 2. The second kappa shape index (κ2) is 5.58. The van der Waals surface area contributed by atoms with Crippen molar-refractivity contribution in [3.63, 3.8) is 0 Å². The Morgan fingerprint density at radius 2 is 1.96 bits per heavy atom. The average Bonchev–Trinajstić information content (AvgIpc) is 3.10. The van der Waals surface area contributed by atoms with Crippen LogP contribution in [0.15, 0.2) is 6.07 Å². The van der Waals surface area contributed by atoms with Crippen molar-refractivity contribution in [2.45, 2.75) is 40.5 Å². The van der Waals surface area contributed by atoms with Gasteiger partial charge in [-0.2, -0.15) is 5.10 Å². The average molecular weight is 334 g/mol. The highest BCUT2D eigenvalue weighted by Gasteiger charge is 2.52. The molecule has 3 rings (SSSR count). The Kier molecular flexibility index (Phi) is 3.94. The summed E-state index contributed by atoms with van der Waals surface area (Å²) < 4.78 is 0. The van der Waals surface area contributed by atoms with Crippen molar-refractivity contribution < 1.29 is 14.4 Å². The summed E-state index contributed by atoms with van der Waals surface area (Å²) >= 11 is 0. The molecule has 24 heavy (non-hydrogen) atoms. The van der Waals surface area contributed by atoms with Crippen LogP contribution in [0.4, 0.5) is 0 Å². The molecule has 0 saturated carbocycles. The second-order valence-electron chi connectivity index (χ2n) is 8.39. The number of aromatic amines is 1. The number of hydrogen-bond donors (Lipinski definition) is 1. The van der Waals surface area contributed by atoms with E-state index in [-0.39, 0.29) is 17.2 Å². The molecule has 0 atom stereocenters. The van der Waals surface area contributed by atoms with Gasteiger partial charge in [0.2, 0.25) is 0 Å². The predicted octanol–water partition coefficient (Wildman–Crippen LogP) is 1.80. The number of hydrogen-bond acceptors (Lipinski definition) is 4. The Balaban J connectivity index is 1.59. The number of nitrogens with one attached hydrogen (secondary N) is 1. The Labute approximate surface area is 142 Å². The van der Waals surface area contributed by atoms with Crippen LogP contribution in [0.3, 0.4) is 0 Å². The van der Waals surface area contributed by atoms with Crippen molar-refractivity contribution >= 4 is 11.8 Å². The van der Waals surface area contributed by atoms with Crippen LogP contribution in [-0.2, 0) is 9.63 Å². The minimum Gasteiger partial charge on any atom is -0.336 e. The molecule has 1 N–H and O–H groups in total. The molecule has 0 unspecified atom stereocenters. The number of hydroxylamine groups is 2. The van der Waals surface area contributed by atoms with Gasteiger partial charge in [0.15, 0.2) is 0 Å². The van der Waals surface area contributed by atoms with Gasteiger partial charge in [0.1, 0.15) is 5.69 Å². The number of carbonyl (C=O) groups is 2. The maximum atomic E-state index is 12.5. The third-order valence-corrected chi connectivity index (χ3v) is 4.65. The molecule has 2 saturated heterocycles.